The van der Waals surface area contributed by atoms with Crippen molar-refractivity contribution in [2.45, 2.75) is 31.2 Å². The van der Waals surface area contributed by atoms with Crippen LogP contribution in [0.25, 0.3) is 10.9 Å². The van der Waals surface area contributed by atoms with Crippen molar-refractivity contribution in [1.29, 1.82) is 0 Å². The molecule has 0 spiro atoms. The zero-order valence-electron chi connectivity index (χ0n) is 17.9. The molecule has 1 fully saturated rings. The minimum absolute atomic E-state index is 0.0738. The largest absolute Gasteiger partial charge is 0.385 e. The lowest BCUT2D eigenvalue weighted by Crippen LogP contribution is -2.56. The highest BCUT2D eigenvalue weighted by Crippen LogP contribution is 2.28. The summed E-state index contributed by atoms with van der Waals surface area (Å²) in [4.78, 5) is 30.9. The van der Waals surface area contributed by atoms with Crippen molar-refractivity contribution in [1.82, 2.24) is 15.2 Å². The van der Waals surface area contributed by atoms with Gasteiger partial charge in [0.2, 0.25) is 5.91 Å². The van der Waals surface area contributed by atoms with Crippen LogP contribution in [-0.2, 0) is 16.0 Å². The van der Waals surface area contributed by atoms with E-state index in [1.54, 1.807) is 7.11 Å². The standard InChI is InChI=1S/C25H29N3O3/c1-31-16-13-25(27-24(30)19-7-3-2-4-8-19)11-14-28(15-12-25)23(29)17-20-18-26-22-10-6-5-9-21(20)22/h2-10,18,26H,11-17H2,1H3,(H,27,30). The maximum atomic E-state index is 13.0. The predicted molar refractivity (Wildman–Crippen MR) is 121 cm³/mol. The van der Waals surface area contributed by atoms with Crippen molar-refractivity contribution in [3.05, 3.63) is 71.9 Å². The molecule has 31 heavy (non-hydrogen) atoms. The fourth-order valence-electron chi connectivity index (χ4n) is 4.37. The summed E-state index contributed by atoms with van der Waals surface area (Å²) in [5.74, 6) is 0.0507. The lowest BCUT2D eigenvalue weighted by Gasteiger charge is -2.42. The summed E-state index contributed by atoms with van der Waals surface area (Å²) in [7, 11) is 1.67. The second-order valence-corrected chi connectivity index (χ2v) is 8.26. The lowest BCUT2D eigenvalue weighted by atomic mass is 9.84. The highest BCUT2D eigenvalue weighted by Gasteiger charge is 2.37. The van der Waals surface area contributed by atoms with Gasteiger partial charge in [-0.1, -0.05) is 36.4 Å². The Morgan fingerprint density at radius 3 is 2.52 bits per heavy atom. The Bertz CT molecular complexity index is 1040. The van der Waals surface area contributed by atoms with Crippen molar-refractivity contribution in [3.8, 4) is 0 Å². The number of carbonyl (C=O) groups is 2. The molecule has 2 N–H and O–H groups in total. The van der Waals surface area contributed by atoms with Crippen molar-refractivity contribution < 1.29 is 14.3 Å². The molecule has 1 aliphatic rings. The van der Waals surface area contributed by atoms with Crippen molar-refractivity contribution in [2.75, 3.05) is 26.8 Å². The van der Waals surface area contributed by atoms with Gasteiger partial charge in [-0.25, -0.2) is 0 Å². The number of fused-ring (bicyclic) bond motifs is 1. The second kappa shape index (κ2) is 9.35. The minimum atomic E-state index is -0.361. The molecule has 0 unspecified atom stereocenters. The fraction of sp³-hybridized carbons (Fsp3) is 0.360. The number of H-pyrrole nitrogens is 1. The van der Waals surface area contributed by atoms with Crippen LogP contribution < -0.4 is 5.32 Å². The van der Waals surface area contributed by atoms with E-state index in [0.29, 0.717) is 44.5 Å². The van der Waals surface area contributed by atoms with Crippen LogP contribution in [0.3, 0.4) is 0 Å². The molecule has 6 heteroatoms. The first-order chi connectivity index (χ1) is 15.1. The van der Waals surface area contributed by atoms with E-state index in [-0.39, 0.29) is 17.4 Å². The van der Waals surface area contributed by atoms with Gasteiger partial charge in [0.15, 0.2) is 0 Å². The Labute approximate surface area is 182 Å². The highest BCUT2D eigenvalue weighted by molar-refractivity contribution is 5.94. The number of aromatic nitrogens is 1. The summed E-state index contributed by atoms with van der Waals surface area (Å²) in [6.45, 7) is 1.82. The van der Waals surface area contributed by atoms with E-state index >= 15 is 0 Å². The van der Waals surface area contributed by atoms with Crippen molar-refractivity contribution in [2.24, 2.45) is 0 Å². The maximum Gasteiger partial charge on any atom is 0.251 e. The van der Waals surface area contributed by atoms with Crippen LogP contribution in [0.4, 0.5) is 0 Å². The molecule has 0 atom stereocenters. The normalized spacial score (nSPS) is 15.7. The van der Waals surface area contributed by atoms with Gasteiger partial charge in [0.05, 0.1) is 6.42 Å². The van der Waals surface area contributed by atoms with Gasteiger partial charge in [0.25, 0.3) is 5.91 Å². The van der Waals surface area contributed by atoms with Gasteiger partial charge in [-0.2, -0.15) is 0 Å². The molecule has 0 bridgehead atoms. The number of aromatic amines is 1. The van der Waals surface area contributed by atoms with E-state index in [2.05, 4.69) is 10.3 Å². The number of hydrogen-bond donors (Lipinski definition) is 2. The average Bonchev–Trinajstić information content (AvgIpc) is 3.21. The molecule has 2 aromatic carbocycles. The van der Waals surface area contributed by atoms with E-state index in [9.17, 15) is 9.59 Å². The Morgan fingerprint density at radius 2 is 1.77 bits per heavy atom. The molecule has 0 saturated carbocycles. The van der Waals surface area contributed by atoms with Gasteiger partial charge in [-0.3, -0.25) is 9.59 Å². The molecule has 1 aliphatic heterocycles. The van der Waals surface area contributed by atoms with Crippen LogP contribution in [0.5, 0.6) is 0 Å². The first kappa shape index (κ1) is 21.1. The van der Waals surface area contributed by atoms with Crippen LogP contribution in [0.2, 0.25) is 0 Å². The average molecular weight is 420 g/mol. The molecule has 1 aromatic heterocycles. The number of carbonyl (C=O) groups excluding carboxylic acids is 2. The van der Waals surface area contributed by atoms with Crippen LogP contribution in [0, 0.1) is 0 Å². The topological polar surface area (TPSA) is 74.4 Å². The molecule has 2 amide bonds. The number of amides is 2. The van der Waals surface area contributed by atoms with Gasteiger partial charge in [0, 0.05) is 55.0 Å². The number of methoxy groups -OCH3 is 1. The summed E-state index contributed by atoms with van der Waals surface area (Å²) in [6, 6.07) is 17.3. The van der Waals surface area contributed by atoms with Gasteiger partial charge in [-0.05, 0) is 43.0 Å². The van der Waals surface area contributed by atoms with E-state index < -0.39 is 0 Å². The second-order valence-electron chi connectivity index (χ2n) is 8.26. The molecule has 3 aromatic rings. The first-order valence-electron chi connectivity index (χ1n) is 10.8. The van der Waals surface area contributed by atoms with Gasteiger partial charge in [0.1, 0.15) is 0 Å². The summed E-state index contributed by atoms with van der Waals surface area (Å²) in [5.41, 5.74) is 2.36. The zero-order valence-corrected chi connectivity index (χ0v) is 17.9. The Hall–Kier alpha value is -3.12. The van der Waals surface area contributed by atoms with Crippen molar-refractivity contribution >= 4 is 22.7 Å². The smallest absolute Gasteiger partial charge is 0.251 e. The number of rotatable bonds is 7. The van der Waals surface area contributed by atoms with E-state index in [1.807, 2.05) is 65.7 Å². The van der Waals surface area contributed by atoms with Crippen LogP contribution in [0.15, 0.2) is 60.8 Å². The van der Waals surface area contributed by atoms with Gasteiger partial charge < -0.3 is 19.9 Å². The molecular formula is C25H29N3O3. The quantitative estimate of drug-likeness (QED) is 0.615. The number of likely N-dealkylation sites (tertiary alicyclic amines) is 1. The maximum absolute atomic E-state index is 13.0. The third kappa shape index (κ3) is 4.80. The first-order valence-corrected chi connectivity index (χ1v) is 10.8. The zero-order chi connectivity index (χ0) is 21.7. The third-order valence-corrected chi connectivity index (χ3v) is 6.29. The molecule has 162 valence electrons. The molecule has 0 aliphatic carbocycles. The molecule has 4 rings (SSSR count). The fourth-order valence-corrected chi connectivity index (χ4v) is 4.37. The number of hydrogen-bond acceptors (Lipinski definition) is 3. The lowest BCUT2D eigenvalue weighted by molar-refractivity contribution is -0.132. The van der Waals surface area contributed by atoms with Gasteiger partial charge in [-0.15, -0.1) is 0 Å². The number of ether oxygens (including phenoxy) is 1. The summed E-state index contributed by atoms with van der Waals surface area (Å²) >= 11 is 0. The van der Waals surface area contributed by atoms with Crippen molar-refractivity contribution in [3.63, 3.8) is 0 Å². The number of para-hydroxylation sites is 1. The Morgan fingerprint density at radius 1 is 1.06 bits per heavy atom. The van der Waals surface area contributed by atoms with E-state index in [0.717, 1.165) is 22.9 Å². The number of piperidine rings is 1. The predicted octanol–water partition coefficient (Wildman–Crippen LogP) is 3.54. The molecular weight excluding hydrogens is 390 g/mol. The summed E-state index contributed by atoms with van der Waals surface area (Å²) in [6.07, 6.45) is 4.47. The van der Waals surface area contributed by atoms with Gasteiger partial charge >= 0.3 is 0 Å². The van der Waals surface area contributed by atoms with Crippen LogP contribution in [-0.4, -0.2) is 54.0 Å². The summed E-state index contributed by atoms with van der Waals surface area (Å²) < 4.78 is 5.31. The van der Waals surface area contributed by atoms with Crippen LogP contribution in [0.1, 0.15) is 35.2 Å². The highest BCUT2D eigenvalue weighted by atomic mass is 16.5. The van der Waals surface area contributed by atoms with Crippen LogP contribution >= 0.6 is 0 Å². The third-order valence-electron chi connectivity index (χ3n) is 6.29. The molecule has 2 heterocycles. The minimum Gasteiger partial charge on any atom is -0.385 e. The Balaban J connectivity index is 1.41. The summed E-state index contributed by atoms with van der Waals surface area (Å²) in [5, 5.41) is 4.35. The monoisotopic (exact) mass is 419 g/mol. The number of benzene rings is 2. The SMILES string of the molecule is COCCC1(NC(=O)c2ccccc2)CCN(C(=O)Cc2c[nH]c3ccccc23)CC1. The number of nitrogens with zero attached hydrogens (tertiary/aromatic N) is 1. The van der Waals surface area contributed by atoms with E-state index in [1.165, 1.54) is 0 Å². The Kier molecular flexibility index (Phi) is 6.37. The molecule has 0 radical (unpaired) electrons. The molecule has 1 saturated heterocycles. The molecule has 6 nitrogen and oxygen atoms in total. The number of nitrogens with one attached hydrogen (secondary N) is 2. The van der Waals surface area contributed by atoms with E-state index in [4.69, 9.17) is 4.74 Å².